The van der Waals surface area contributed by atoms with Crippen LogP contribution < -0.4 is 14.4 Å². The summed E-state index contributed by atoms with van der Waals surface area (Å²) in [6.07, 6.45) is 1.29. The summed E-state index contributed by atoms with van der Waals surface area (Å²) in [5, 5.41) is 3.46. The van der Waals surface area contributed by atoms with E-state index in [2.05, 4.69) is 5.32 Å². The molecule has 4 aromatic rings. The number of carbonyl (C=O) groups excluding carboxylic acids is 2. The van der Waals surface area contributed by atoms with Crippen LogP contribution in [0.4, 0.5) is 5.69 Å². The van der Waals surface area contributed by atoms with E-state index in [1.807, 2.05) is 80.6 Å². The SMILES string of the molecule is CC(C)CNC(=O)[C@H](Cc1ccccc1)N(Cc1cccc(Cl)c1)C(=O)CN(c1ccc(Oc2ccccc2)cc1)S(C)(=O)=O. The third-order valence-electron chi connectivity index (χ3n) is 6.98. The van der Waals surface area contributed by atoms with Gasteiger partial charge in [-0.05, 0) is 65.6 Å². The summed E-state index contributed by atoms with van der Waals surface area (Å²) in [5.41, 5.74) is 1.86. The van der Waals surface area contributed by atoms with Crippen LogP contribution in [0.25, 0.3) is 0 Å². The number of sulfonamides is 1. The van der Waals surface area contributed by atoms with Crippen LogP contribution in [0.3, 0.4) is 0 Å². The van der Waals surface area contributed by atoms with Crippen molar-refractivity contribution in [2.75, 3.05) is 23.7 Å². The highest BCUT2D eigenvalue weighted by molar-refractivity contribution is 7.92. The summed E-state index contributed by atoms with van der Waals surface area (Å²) in [6, 6.07) is 31.2. The van der Waals surface area contributed by atoms with Gasteiger partial charge in [0.05, 0.1) is 11.9 Å². The first-order valence-corrected chi connectivity index (χ1v) is 16.9. The van der Waals surface area contributed by atoms with Gasteiger partial charge >= 0.3 is 0 Å². The van der Waals surface area contributed by atoms with Crippen molar-refractivity contribution in [3.05, 3.63) is 125 Å². The summed E-state index contributed by atoms with van der Waals surface area (Å²) >= 11 is 6.27. The predicted molar refractivity (Wildman–Crippen MR) is 179 cm³/mol. The van der Waals surface area contributed by atoms with E-state index in [-0.39, 0.29) is 30.5 Å². The highest BCUT2D eigenvalue weighted by Crippen LogP contribution is 2.26. The van der Waals surface area contributed by atoms with Crippen LogP contribution in [-0.4, -0.2) is 50.5 Å². The Morgan fingerprint density at radius 1 is 0.822 bits per heavy atom. The molecule has 0 fully saturated rings. The molecule has 0 aliphatic carbocycles. The number of ether oxygens (including phenoxy) is 1. The quantitative estimate of drug-likeness (QED) is 0.173. The lowest BCUT2D eigenvalue weighted by molar-refractivity contribution is -0.140. The Morgan fingerprint density at radius 3 is 2.02 bits per heavy atom. The Labute approximate surface area is 270 Å². The average Bonchev–Trinajstić information content (AvgIpc) is 3.01. The van der Waals surface area contributed by atoms with Crippen molar-refractivity contribution in [3.63, 3.8) is 0 Å². The first-order valence-electron chi connectivity index (χ1n) is 14.7. The minimum Gasteiger partial charge on any atom is -0.457 e. The summed E-state index contributed by atoms with van der Waals surface area (Å²) in [5.74, 6) is 0.481. The molecule has 0 radical (unpaired) electrons. The van der Waals surface area contributed by atoms with Gasteiger partial charge in [0.1, 0.15) is 24.1 Å². The molecule has 45 heavy (non-hydrogen) atoms. The van der Waals surface area contributed by atoms with Gasteiger partial charge in [0.2, 0.25) is 21.8 Å². The zero-order valence-corrected chi connectivity index (χ0v) is 27.2. The second-order valence-corrected chi connectivity index (χ2v) is 13.5. The highest BCUT2D eigenvalue weighted by Gasteiger charge is 2.33. The number of nitrogens with one attached hydrogen (secondary N) is 1. The van der Waals surface area contributed by atoms with Gasteiger partial charge in [-0.2, -0.15) is 0 Å². The summed E-state index contributed by atoms with van der Waals surface area (Å²) in [6.45, 7) is 3.94. The third kappa shape index (κ3) is 10.1. The van der Waals surface area contributed by atoms with Gasteiger partial charge in [-0.15, -0.1) is 0 Å². The molecule has 0 unspecified atom stereocenters. The minimum atomic E-state index is -3.90. The molecule has 2 amide bonds. The maximum absolute atomic E-state index is 14.2. The van der Waals surface area contributed by atoms with Crippen LogP contribution in [-0.2, 0) is 32.6 Å². The average molecular weight is 648 g/mol. The lowest BCUT2D eigenvalue weighted by atomic mass is 10.0. The predicted octanol–water partition coefficient (Wildman–Crippen LogP) is 6.31. The van der Waals surface area contributed by atoms with Gasteiger partial charge in [-0.3, -0.25) is 13.9 Å². The normalized spacial score (nSPS) is 11.9. The van der Waals surface area contributed by atoms with Crippen LogP contribution >= 0.6 is 11.6 Å². The smallest absolute Gasteiger partial charge is 0.244 e. The molecule has 0 aliphatic rings. The zero-order chi connectivity index (χ0) is 32.4. The summed E-state index contributed by atoms with van der Waals surface area (Å²) in [7, 11) is -3.90. The van der Waals surface area contributed by atoms with Crippen LogP contribution in [0.5, 0.6) is 11.5 Å². The Kier molecular flexibility index (Phi) is 11.6. The second-order valence-electron chi connectivity index (χ2n) is 11.2. The number of amides is 2. The van der Waals surface area contributed by atoms with Crippen molar-refractivity contribution in [2.45, 2.75) is 32.9 Å². The Hall–Kier alpha value is -4.34. The number of hydrogen-bond acceptors (Lipinski definition) is 5. The van der Waals surface area contributed by atoms with Crippen LogP contribution in [0.15, 0.2) is 109 Å². The molecule has 0 aliphatic heterocycles. The van der Waals surface area contributed by atoms with Crippen LogP contribution in [0.2, 0.25) is 5.02 Å². The van der Waals surface area contributed by atoms with E-state index < -0.39 is 28.5 Å². The molecule has 0 bridgehead atoms. The van der Waals surface area contributed by atoms with Crippen molar-refractivity contribution in [1.29, 1.82) is 0 Å². The molecule has 0 saturated carbocycles. The zero-order valence-electron chi connectivity index (χ0n) is 25.6. The molecule has 0 aromatic heterocycles. The number of hydrogen-bond donors (Lipinski definition) is 1. The fourth-order valence-electron chi connectivity index (χ4n) is 4.73. The lowest BCUT2D eigenvalue weighted by Gasteiger charge is -2.33. The van der Waals surface area contributed by atoms with Gasteiger partial charge in [0.15, 0.2) is 0 Å². The minimum absolute atomic E-state index is 0.0491. The third-order valence-corrected chi connectivity index (χ3v) is 8.36. The standard InChI is InChI=1S/C35H38ClN3O5S/c1-26(2)23-37-35(41)33(22-27-11-6-4-7-12-27)38(24-28-13-10-14-29(36)21-28)34(40)25-39(45(3,42)43)30-17-19-32(20-18-30)44-31-15-8-5-9-16-31/h4-21,26,33H,22-25H2,1-3H3,(H,37,41)/t33-/m0/s1. The largest absolute Gasteiger partial charge is 0.457 e. The molecule has 0 spiro atoms. The molecule has 10 heteroatoms. The lowest BCUT2D eigenvalue weighted by Crippen LogP contribution is -2.53. The van der Waals surface area contributed by atoms with Crippen molar-refractivity contribution >= 4 is 39.1 Å². The Morgan fingerprint density at radius 2 is 1.42 bits per heavy atom. The molecule has 1 N–H and O–H groups in total. The van der Waals surface area contributed by atoms with Crippen molar-refractivity contribution in [3.8, 4) is 11.5 Å². The molecular formula is C35H38ClN3O5S. The fourth-order valence-corrected chi connectivity index (χ4v) is 5.79. The molecule has 236 valence electrons. The molecule has 4 rings (SSSR count). The van der Waals surface area contributed by atoms with Gasteiger partial charge in [0, 0.05) is 24.5 Å². The molecule has 4 aromatic carbocycles. The summed E-state index contributed by atoms with van der Waals surface area (Å²) in [4.78, 5) is 29.4. The maximum Gasteiger partial charge on any atom is 0.244 e. The molecule has 0 heterocycles. The number of nitrogens with zero attached hydrogens (tertiary/aromatic N) is 2. The van der Waals surface area contributed by atoms with E-state index >= 15 is 0 Å². The Balaban J connectivity index is 1.67. The van der Waals surface area contributed by atoms with E-state index in [1.54, 1.807) is 42.5 Å². The van der Waals surface area contributed by atoms with Crippen molar-refractivity contribution in [2.24, 2.45) is 5.92 Å². The maximum atomic E-state index is 14.2. The Bertz CT molecular complexity index is 1670. The summed E-state index contributed by atoms with van der Waals surface area (Å²) < 4.78 is 33.0. The first-order chi connectivity index (χ1) is 21.5. The van der Waals surface area contributed by atoms with Crippen LogP contribution in [0, 0.1) is 5.92 Å². The molecular weight excluding hydrogens is 610 g/mol. The number of halogens is 1. The van der Waals surface area contributed by atoms with Gasteiger partial charge < -0.3 is 15.0 Å². The topological polar surface area (TPSA) is 96.0 Å². The first kappa shape index (κ1) is 33.6. The van der Waals surface area contributed by atoms with E-state index in [1.165, 1.54) is 4.90 Å². The van der Waals surface area contributed by atoms with E-state index in [4.69, 9.17) is 16.3 Å². The highest BCUT2D eigenvalue weighted by atomic mass is 35.5. The van der Waals surface area contributed by atoms with E-state index in [0.29, 0.717) is 28.6 Å². The van der Waals surface area contributed by atoms with Gasteiger partial charge in [-0.25, -0.2) is 8.42 Å². The molecule has 0 saturated heterocycles. The number of para-hydroxylation sites is 1. The van der Waals surface area contributed by atoms with Gasteiger partial charge in [-0.1, -0.05) is 86.1 Å². The van der Waals surface area contributed by atoms with Crippen molar-refractivity contribution < 1.29 is 22.7 Å². The van der Waals surface area contributed by atoms with Crippen molar-refractivity contribution in [1.82, 2.24) is 10.2 Å². The number of benzene rings is 4. The number of carbonyl (C=O) groups is 2. The molecule has 1 atom stereocenters. The van der Waals surface area contributed by atoms with Crippen LogP contribution in [0.1, 0.15) is 25.0 Å². The second kappa shape index (κ2) is 15.6. The van der Waals surface area contributed by atoms with Gasteiger partial charge in [0.25, 0.3) is 0 Å². The van der Waals surface area contributed by atoms with E-state index in [0.717, 1.165) is 16.1 Å². The molecule has 8 nitrogen and oxygen atoms in total. The monoisotopic (exact) mass is 647 g/mol. The number of rotatable bonds is 14. The fraction of sp³-hybridized carbons (Fsp3) is 0.257. The van der Waals surface area contributed by atoms with E-state index in [9.17, 15) is 18.0 Å². The number of anilines is 1.